The van der Waals surface area contributed by atoms with Crippen LogP contribution in [0.1, 0.15) is 12.7 Å². The molecule has 0 aliphatic carbocycles. The van der Waals surface area contributed by atoms with Gasteiger partial charge in [0.1, 0.15) is 12.7 Å². The topological polar surface area (TPSA) is 93.7 Å². The molecule has 1 N–H and O–H groups in total. The highest BCUT2D eigenvalue weighted by Crippen LogP contribution is 2.16. The Balaban J connectivity index is 2.01. The first-order chi connectivity index (χ1) is 9.52. The van der Waals surface area contributed by atoms with Crippen LogP contribution in [0.3, 0.4) is 0 Å². The zero-order valence-corrected chi connectivity index (χ0v) is 11.7. The molecule has 2 unspecified atom stereocenters. The second-order valence-corrected chi connectivity index (χ2v) is 5.05. The zero-order valence-electron chi connectivity index (χ0n) is 11.7. The molecular formula is C12H20N4O4. The van der Waals surface area contributed by atoms with Gasteiger partial charge < -0.3 is 20.0 Å². The summed E-state index contributed by atoms with van der Waals surface area (Å²) in [4.78, 5) is 16.7. The van der Waals surface area contributed by atoms with Gasteiger partial charge in [0, 0.05) is 26.1 Å². The van der Waals surface area contributed by atoms with E-state index in [4.69, 9.17) is 9.84 Å². The Hall–Kier alpha value is -1.51. The molecule has 1 aliphatic rings. The number of morpholine rings is 1. The van der Waals surface area contributed by atoms with Gasteiger partial charge >= 0.3 is 5.82 Å². The molecule has 2 rings (SSSR count). The van der Waals surface area contributed by atoms with Gasteiger partial charge in [-0.3, -0.25) is 4.90 Å². The zero-order chi connectivity index (χ0) is 14.7. The number of aromatic nitrogens is 2. The van der Waals surface area contributed by atoms with Crippen molar-refractivity contribution in [2.45, 2.75) is 32.5 Å². The summed E-state index contributed by atoms with van der Waals surface area (Å²) in [6.45, 7) is 6.17. The van der Waals surface area contributed by atoms with E-state index < -0.39 is 4.92 Å². The third-order valence-electron chi connectivity index (χ3n) is 3.67. The van der Waals surface area contributed by atoms with Gasteiger partial charge in [-0.15, -0.1) is 0 Å². The Morgan fingerprint density at radius 3 is 3.00 bits per heavy atom. The van der Waals surface area contributed by atoms with Crippen LogP contribution in [0.5, 0.6) is 0 Å². The molecule has 0 amide bonds. The van der Waals surface area contributed by atoms with Crippen molar-refractivity contribution in [1.82, 2.24) is 14.5 Å². The van der Waals surface area contributed by atoms with Gasteiger partial charge in [0.25, 0.3) is 0 Å². The number of hydrogen-bond acceptors (Lipinski definition) is 6. The molecule has 1 aromatic rings. The Kier molecular flexibility index (Phi) is 4.69. The van der Waals surface area contributed by atoms with Crippen LogP contribution in [0.25, 0.3) is 0 Å². The predicted molar refractivity (Wildman–Crippen MR) is 71.5 cm³/mol. The summed E-state index contributed by atoms with van der Waals surface area (Å²) in [5, 5.41) is 20.1. The van der Waals surface area contributed by atoms with Crippen molar-refractivity contribution in [3.63, 3.8) is 0 Å². The normalized spacial score (nSPS) is 23.9. The van der Waals surface area contributed by atoms with Crippen molar-refractivity contribution in [2.75, 3.05) is 26.3 Å². The molecule has 8 heteroatoms. The second-order valence-electron chi connectivity index (χ2n) is 5.05. The number of nitrogens with zero attached hydrogens (tertiary/aromatic N) is 4. The first kappa shape index (κ1) is 14.9. The second kappa shape index (κ2) is 6.29. The average Bonchev–Trinajstić information content (AvgIpc) is 2.79. The third-order valence-corrected chi connectivity index (χ3v) is 3.67. The van der Waals surface area contributed by atoms with Gasteiger partial charge in [0.2, 0.25) is 0 Å². The van der Waals surface area contributed by atoms with Crippen LogP contribution in [0, 0.1) is 17.0 Å². The van der Waals surface area contributed by atoms with Gasteiger partial charge in [0.15, 0.2) is 5.82 Å². The maximum Gasteiger partial charge on any atom is 0.342 e. The van der Waals surface area contributed by atoms with Crippen LogP contribution >= 0.6 is 0 Å². The first-order valence-electron chi connectivity index (χ1n) is 6.66. The SMILES string of the molecule is Cc1ncc([N+](=O)[O-])n1CCN1CC(CO)OCC1C. The predicted octanol–water partition coefficient (Wildman–Crippen LogP) is 0.181. The molecule has 0 saturated carbocycles. The molecule has 2 atom stereocenters. The van der Waals surface area contributed by atoms with Crippen molar-refractivity contribution in [2.24, 2.45) is 0 Å². The highest BCUT2D eigenvalue weighted by molar-refractivity contribution is 5.18. The summed E-state index contributed by atoms with van der Waals surface area (Å²) in [5.41, 5.74) is 0. The van der Waals surface area contributed by atoms with Crippen molar-refractivity contribution < 1.29 is 14.8 Å². The number of hydrogen-bond donors (Lipinski definition) is 1. The van der Waals surface area contributed by atoms with Gasteiger partial charge in [0.05, 0.1) is 19.3 Å². The minimum Gasteiger partial charge on any atom is -0.394 e. The summed E-state index contributed by atoms with van der Waals surface area (Å²) >= 11 is 0. The number of aryl methyl sites for hydroxylation is 1. The third kappa shape index (κ3) is 3.14. The minimum atomic E-state index is -0.417. The maximum atomic E-state index is 10.9. The molecule has 8 nitrogen and oxygen atoms in total. The summed E-state index contributed by atoms with van der Waals surface area (Å²) < 4.78 is 7.08. The Morgan fingerprint density at radius 2 is 2.35 bits per heavy atom. The standard InChI is InChI=1S/C12H20N4O4/c1-9-8-20-11(7-17)6-14(9)3-4-15-10(2)13-5-12(15)16(18)19/h5,9,11,17H,3-4,6-8H2,1-2H3. The number of aliphatic hydroxyl groups is 1. The molecule has 20 heavy (non-hydrogen) atoms. The van der Waals surface area contributed by atoms with Crippen molar-refractivity contribution in [1.29, 1.82) is 0 Å². The minimum absolute atomic E-state index is 0.00648. The van der Waals surface area contributed by atoms with E-state index >= 15 is 0 Å². The quantitative estimate of drug-likeness (QED) is 0.612. The van der Waals surface area contributed by atoms with Gasteiger partial charge in [-0.05, 0) is 11.8 Å². The lowest BCUT2D eigenvalue weighted by Crippen LogP contribution is -2.50. The summed E-state index contributed by atoms with van der Waals surface area (Å²) in [6, 6.07) is 0.237. The van der Waals surface area contributed by atoms with Crippen molar-refractivity contribution in [3.05, 3.63) is 22.1 Å². The lowest BCUT2D eigenvalue weighted by molar-refractivity contribution is -0.392. The van der Waals surface area contributed by atoms with Gasteiger partial charge in [-0.25, -0.2) is 9.55 Å². The highest BCUT2D eigenvalue weighted by Gasteiger charge is 2.26. The van der Waals surface area contributed by atoms with E-state index in [0.717, 1.165) is 0 Å². The van der Waals surface area contributed by atoms with Crippen LogP contribution in [0.2, 0.25) is 0 Å². The average molecular weight is 284 g/mol. The molecule has 1 saturated heterocycles. The van der Waals surface area contributed by atoms with Gasteiger partial charge in [-0.2, -0.15) is 0 Å². The van der Waals surface area contributed by atoms with Crippen LogP contribution < -0.4 is 0 Å². The number of rotatable bonds is 5. The number of ether oxygens (including phenoxy) is 1. The van der Waals surface area contributed by atoms with E-state index in [9.17, 15) is 10.1 Å². The summed E-state index contributed by atoms with van der Waals surface area (Å²) in [5.74, 6) is 0.651. The maximum absolute atomic E-state index is 10.9. The van der Waals surface area contributed by atoms with E-state index in [1.807, 2.05) is 6.92 Å². The molecule has 0 bridgehead atoms. The molecule has 0 radical (unpaired) electrons. The Morgan fingerprint density at radius 1 is 1.60 bits per heavy atom. The van der Waals surface area contributed by atoms with E-state index in [2.05, 4.69) is 9.88 Å². The van der Waals surface area contributed by atoms with Crippen LogP contribution in [0.15, 0.2) is 6.20 Å². The molecule has 2 heterocycles. The fourth-order valence-electron chi connectivity index (χ4n) is 2.40. The van der Waals surface area contributed by atoms with E-state index in [1.54, 1.807) is 11.5 Å². The van der Waals surface area contributed by atoms with Crippen LogP contribution in [-0.2, 0) is 11.3 Å². The lowest BCUT2D eigenvalue weighted by Gasteiger charge is -2.37. The fourth-order valence-corrected chi connectivity index (χ4v) is 2.40. The molecule has 112 valence electrons. The smallest absolute Gasteiger partial charge is 0.342 e. The Labute approximate surface area is 117 Å². The molecule has 0 aromatic carbocycles. The molecule has 1 aromatic heterocycles. The number of aliphatic hydroxyl groups excluding tert-OH is 1. The number of nitro groups is 1. The molecule has 1 fully saturated rings. The van der Waals surface area contributed by atoms with E-state index in [-0.39, 0.29) is 24.6 Å². The van der Waals surface area contributed by atoms with E-state index in [0.29, 0.717) is 32.1 Å². The van der Waals surface area contributed by atoms with Crippen molar-refractivity contribution >= 4 is 5.82 Å². The highest BCUT2D eigenvalue weighted by atomic mass is 16.6. The van der Waals surface area contributed by atoms with E-state index in [1.165, 1.54) is 6.20 Å². The molecular weight excluding hydrogens is 264 g/mol. The summed E-state index contributed by atoms with van der Waals surface area (Å²) in [7, 11) is 0. The van der Waals surface area contributed by atoms with Crippen molar-refractivity contribution in [3.8, 4) is 0 Å². The molecule has 1 aliphatic heterocycles. The lowest BCUT2D eigenvalue weighted by atomic mass is 10.2. The van der Waals surface area contributed by atoms with Crippen LogP contribution in [-0.4, -0.2) is 62.9 Å². The van der Waals surface area contributed by atoms with Gasteiger partial charge in [-0.1, -0.05) is 0 Å². The number of imidazole rings is 1. The molecule has 0 spiro atoms. The summed E-state index contributed by atoms with van der Waals surface area (Å²) in [6.07, 6.45) is 1.11. The largest absolute Gasteiger partial charge is 0.394 e. The fraction of sp³-hybridized carbons (Fsp3) is 0.750. The van der Waals surface area contributed by atoms with Crippen LogP contribution in [0.4, 0.5) is 5.82 Å². The monoisotopic (exact) mass is 284 g/mol. The first-order valence-corrected chi connectivity index (χ1v) is 6.66. The Bertz CT molecular complexity index is 476.